The Morgan fingerprint density at radius 2 is 2.06 bits per heavy atom. The molecule has 0 spiro atoms. The quantitative estimate of drug-likeness (QED) is 0.812. The standard InChI is InChI=1S/C14H19NO3/c16-11-12-10-13(17)4-5-14(12)18-9-8-15-6-2-1-3-7-15/h4-5,10-11,17H,1-3,6-9H2. The average molecular weight is 249 g/mol. The molecular weight excluding hydrogens is 230 g/mol. The molecule has 0 atom stereocenters. The molecule has 0 unspecified atom stereocenters. The van der Waals surface area contributed by atoms with E-state index in [0.717, 1.165) is 19.6 Å². The molecule has 1 aromatic carbocycles. The first kappa shape index (κ1) is 12.9. The molecule has 1 aromatic rings. The fourth-order valence-electron chi connectivity index (χ4n) is 2.23. The molecule has 0 bridgehead atoms. The molecule has 98 valence electrons. The number of piperidine rings is 1. The van der Waals surface area contributed by atoms with Gasteiger partial charge in [-0.3, -0.25) is 9.69 Å². The molecule has 1 aliphatic heterocycles. The maximum Gasteiger partial charge on any atom is 0.153 e. The summed E-state index contributed by atoms with van der Waals surface area (Å²) in [6.07, 6.45) is 4.55. The number of benzene rings is 1. The van der Waals surface area contributed by atoms with Crippen molar-refractivity contribution in [3.05, 3.63) is 23.8 Å². The number of aldehydes is 1. The van der Waals surface area contributed by atoms with Crippen LogP contribution in [0.15, 0.2) is 18.2 Å². The monoisotopic (exact) mass is 249 g/mol. The molecule has 0 saturated carbocycles. The van der Waals surface area contributed by atoms with Crippen molar-refractivity contribution in [2.24, 2.45) is 0 Å². The Kier molecular flexibility index (Phi) is 4.59. The van der Waals surface area contributed by atoms with E-state index >= 15 is 0 Å². The number of rotatable bonds is 5. The van der Waals surface area contributed by atoms with Crippen LogP contribution in [-0.4, -0.2) is 42.5 Å². The van der Waals surface area contributed by atoms with Gasteiger partial charge in [0.05, 0.1) is 5.56 Å². The molecule has 1 fully saturated rings. The second-order valence-electron chi connectivity index (χ2n) is 4.59. The summed E-state index contributed by atoms with van der Waals surface area (Å²) in [6.45, 7) is 3.74. The highest BCUT2D eigenvalue weighted by Gasteiger charge is 2.10. The number of nitrogens with zero attached hydrogens (tertiary/aromatic N) is 1. The van der Waals surface area contributed by atoms with Crippen molar-refractivity contribution in [3.63, 3.8) is 0 Å². The third-order valence-electron chi connectivity index (χ3n) is 3.23. The van der Waals surface area contributed by atoms with Gasteiger partial charge in [0.15, 0.2) is 6.29 Å². The Labute approximate surface area is 107 Å². The third-order valence-corrected chi connectivity index (χ3v) is 3.23. The summed E-state index contributed by atoms with van der Waals surface area (Å²) >= 11 is 0. The zero-order valence-corrected chi connectivity index (χ0v) is 10.5. The summed E-state index contributed by atoms with van der Waals surface area (Å²) < 4.78 is 5.60. The van der Waals surface area contributed by atoms with Gasteiger partial charge in [0.1, 0.15) is 18.1 Å². The minimum absolute atomic E-state index is 0.0838. The minimum Gasteiger partial charge on any atom is -0.508 e. The van der Waals surface area contributed by atoms with Gasteiger partial charge in [-0.25, -0.2) is 0 Å². The van der Waals surface area contributed by atoms with E-state index < -0.39 is 0 Å². The van der Waals surface area contributed by atoms with Crippen LogP contribution in [0.5, 0.6) is 11.5 Å². The van der Waals surface area contributed by atoms with E-state index in [9.17, 15) is 9.90 Å². The largest absolute Gasteiger partial charge is 0.508 e. The fourth-order valence-corrected chi connectivity index (χ4v) is 2.23. The lowest BCUT2D eigenvalue weighted by molar-refractivity contribution is 0.111. The molecule has 1 aliphatic rings. The molecule has 0 radical (unpaired) electrons. The van der Waals surface area contributed by atoms with E-state index in [1.807, 2.05) is 0 Å². The van der Waals surface area contributed by atoms with Crippen LogP contribution in [-0.2, 0) is 0 Å². The summed E-state index contributed by atoms with van der Waals surface area (Å²) in [5.41, 5.74) is 0.397. The van der Waals surface area contributed by atoms with Gasteiger partial charge in [-0.1, -0.05) is 6.42 Å². The van der Waals surface area contributed by atoms with Crippen LogP contribution in [0, 0.1) is 0 Å². The Hall–Kier alpha value is -1.55. The van der Waals surface area contributed by atoms with Gasteiger partial charge in [-0.15, -0.1) is 0 Å². The van der Waals surface area contributed by atoms with E-state index in [4.69, 9.17) is 4.74 Å². The van der Waals surface area contributed by atoms with Crippen LogP contribution in [0.2, 0.25) is 0 Å². The molecule has 18 heavy (non-hydrogen) atoms. The van der Waals surface area contributed by atoms with Crippen LogP contribution < -0.4 is 4.74 Å². The number of ether oxygens (including phenoxy) is 1. The number of phenolic OH excluding ortho intramolecular Hbond substituents is 1. The third kappa shape index (κ3) is 3.47. The zero-order valence-electron chi connectivity index (χ0n) is 10.5. The van der Waals surface area contributed by atoms with Crippen molar-refractivity contribution in [2.75, 3.05) is 26.2 Å². The minimum atomic E-state index is 0.0838. The smallest absolute Gasteiger partial charge is 0.153 e. The summed E-state index contributed by atoms with van der Waals surface area (Å²) in [7, 11) is 0. The molecule has 0 aliphatic carbocycles. The van der Waals surface area contributed by atoms with E-state index in [0.29, 0.717) is 24.2 Å². The van der Waals surface area contributed by atoms with Crippen LogP contribution in [0.3, 0.4) is 0 Å². The van der Waals surface area contributed by atoms with Gasteiger partial charge in [-0.05, 0) is 44.1 Å². The van der Waals surface area contributed by atoms with Gasteiger partial charge < -0.3 is 9.84 Å². The Bertz CT molecular complexity index is 400. The van der Waals surface area contributed by atoms with Crippen molar-refractivity contribution >= 4 is 6.29 Å². The molecule has 4 heteroatoms. The van der Waals surface area contributed by atoms with E-state index in [1.165, 1.54) is 31.4 Å². The van der Waals surface area contributed by atoms with Gasteiger partial charge in [0, 0.05) is 6.54 Å². The lowest BCUT2D eigenvalue weighted by atomic mass is 10.1. The van der Waals surface area contributed by atoms with Crippen molar-refractivity contribution < 1.29 is 14.6 Å². The maximum atomic E-state index is 10.8. The van der Waals surface area contributed by atoms with Gasteiger partial charge in [0.25, 0.3) is 0 Å². The number of hydrogen-bond donors (Lipinski definition) is 1. The Morgan fingerprint density at radius 3 is 2.78 bits per heavy atom. The maximum absolute atomic E-state index is 10.8. The van der Waals surface area contributed by atoms with Crippen LogP contribution in [0.25, 0.3) is 0 Å². The number of likely N-dealkylation sites (tertiary alicyclic amines) is 1. The first-order valence-electron chi connectivity index (χ1n) is 6.43. The molecular formula is C14H19NO3. The normalized spacial score (nSPS) is 16.4. The van der Waals surface area contributed by atoms with Gasteiger partial charge in [0.2, 0.25) is 0 Å². The predicted octanol–water partition coefficient (Wildman–Crippen LogP) is 2.07. The van der Waals surface area contributed by atoms with E-state index in [2.05, 4.69) is 4.90 Å². The highest BCUT2D eigenvalue weighted by atomic mass is 16.5. The highest BCUT2D eigenvalue weighted by Crippen LogP contribution is 2.21. The molecule has 0 amide bonds. The molecule has 0 aromatic heterocycles. The Balaban J connectivity index is 1.84. The second-order valence-corrected chi connectivity index (χ2v) is 4.59. The number of aromatic hydroxyl groups is 1. The van der Waals surface area contributed by atoms with Crippen molar-refractivity contribution in [1.82, 2.24) is 4.90 Å². The first-order chi connectivity index (χ1) is 8.79. The van der Waals surface area contributed by atoms with Gasteiger partial charge in [-0.2, -0.15) is 0 Å². The predicted molar refractivity (Wildman–Crippen MR) is 69.3 cm³/mol. The highest BCUT2D eigenvalue weighted by molar-refractivity contribution is 5.80. The first-order valence-corrected chi connectivity index (χ1v) is 6.43. The topological polar surface area (TPSA) is 49.8 Å². The van der Waals surface area contributed by atoms with E-state index in [1.54, 1.807) is 6.07 Å². The number of carbonyl (C=O) groups excluding carboxylic acids is 1. The number of phenols is 1. The lowest BCUT2D eigenvalue weighted by Crippen LogP contribution is -2.33. The van der Waals surface area contributed by atoms with Crippen LogP contribution in [0.1, 0.15) is 29.6 Å². The summed E-state index contributed by atoms with van der Waals surface area (Å²) in [5.74, 6) is 0.625. The SMILES string of the molecule is O=Cc1cc(O)ccc1OCCN1CCCCC1. The van der Waals surface area contributed by atoms with Crippen molar-refractivity contribution in [2.45, 2.75) is 19.3 Å². The number of hydrogen-bond acceptors (Lipinski definition) is 4. The van der Waals surface area contributed by atoms with Crippen LogP contribution in [0.4, 0.5) is 0 Å². The molecule has 1 saturated heterocycles. The molecule has 1 heterocycles. The van der Waals surface area contributed by atoms with E-state index in [-0.39, 0.29) is 5.75 Å². The van der Waals surface area contributed by atoms with Crippen LogP contribution >= 0.6 is 0 Å². The van der Waals surface area contributed by atoms with Crippen molar-refractivity contribution in [1.29, 1.82) is 0 Å². The Morgan fingerprint density at radius 1 is 1.28 bits per heavy atom. The zero-order chi connectivity index (χ0) is 12.8. The second kappa shape index (κ2) is 6.40. The molecule has 1 N–H and O–H groups in total. The average Bonchev–Trinajstić information content (AvgIpc) is 2.41. The van der Waals surface area contributed by atoms with Crippen molar-refractivity contribution in [3.8, 4) is 11.5 Å². The molecule has 4 nitrogen and oxygen atoms in total. The summed E-state index contributed by atoms with van der Waals surface area (Å²) in [5, 5.41) is 9.28. The number of carbonyl (C=O) groups is 1. The lowest BCUT2D eigenvalue weighted by Gasteiger charge is -2.26. The fraction of sp³-hybridized carbons (Fsp3) is 0.500. The summed E-state index contributed by atoms with van der Waals surface area (Å²) in [6, 6.07) is 4.59. The molecule has 2 rings (SSSR count). The van der Waals surface area contributed by atoms with Gasteiger partial charge >= 0.3 is 0 Å². The summed E-state index contributed by atoms with van der Waals surface area (Å²) in [4.78, 5) is 13.2.